The van der Waals surface area contributed by atoms with Crippen LogP contribution in [0.25, 0.3) is 0 Å². The van der Waals surface area contributed by atoms with Gasteiger partial charge < -0.3 is 10.4 Å². The van der Waals surface area contributed by atoms with Gasteiger partial charge in [0.05, 0.1) is 11.8 Å². The minimum atomic E-state index is -0.165. The molecular formula is C11H19N3O. The molecule has 4 heteroatoms. The summed E-state index contributed by atoms with van der Waals surface area (Å²) in [5, 5.41) is 17.3. The Labute approximate surface area is 90.3 Å². The molecule has 1 aliphatic rings. The van der Waals surface area contributed by atoms with E-state index in [4.69, 9.17) is 0 Å². The Balaban J connectivity index is 1.90. The van der Waals surface area contributed by atoms with Crippen LogP contribution < -0.4 is 5.32 Å². The number of aromatic nitrogens is 2. The van der Waals surface area contributed by atoms with Crippen molar-refractivity contribution in [1.29, 1.82) is 0 Å². The summed E-state index contributed by atoms with van der Waals surface area (Å²) in [6.45, 7) is 2.82. The monoisotopic (exact) mass is 209 g/mol. The molecule has 1 aromatic rings. The molecule has 0 bridgehead atoms. The summed E-state index contributed by atoms with van der Waals surface area (Å²) in [7, 11) is 1.93. The zero-order valence-corrected chi connectivity index (χ0v) is 9.40. The maximum atomic E-state index is 9.66. The number of aliphatic hydroxyl groups excluding tert-OH is 1. The van der Waals surface area contributed by atoms with Crippen LogP contribution in [0, 0.1) is 6.92 Å². The van der Waals surface area contributed by atoms with Crippen LogP contribution in [-0.2, 0) is 13.6 Å². The summed E-state index contributed by atoms with van der Waals surface area (Å²) in [5.74, 6) is 0. The van der Waals surface area contributed by atoms with E-state index in [1.807, 2.05) is 24.9 Å². The molecule has 0 aromatic carbocycles. The lowest BCUT2D eigenvalue weighted by Crippen LogP contribution is -2.35. The van der Waals surface area contributed by atoms with Gasteiger partial charge in [-0.05, 0) is 26.2 Å². The number of nitrogens with zero attached hydrogens (tertiary/aromatic N) is 2. The number of hydrogen-bond acceptors (Lipinski definition) is 3. The standard InChI is InChI=1S/C11H19N3O/c1-8-9(7-14(2)13-8)6-12-10-4-3-5-11(10)15/h7,10-12,15H,3-6H2,1-2H3/t10-,11-/m1/s1. The highest BCUT2D eigenvalue weighted by molar-refractivity contribution is 5.15. The molecule has 15 heavy (non-hydrogen) atoms. The average molecular weight is 209 g/mol. The molecule has 0 spiro atoms. The molecule has 2 N–H and O–H groups in total. The Morgan fingerprint density at radius 3 is 2.93 bits per heavy atom. The maximum absolute atomic E-state index is 9.66. The topological polar surface area (TPSA) is 50.1 Å². The number of nitrogens with one attached hydrogen (secondary N) is 1. The second kappa shape index (κ2) is 4.33. The SMILES string of the molecule is Cc1nn(C)cc1CN[C@@H]1CCC[C@H]1O. The van der Waals surface area contributed by atoms with Crippen LogP contribution in [0.2, 0.25) is 0 Å². The van der Waals surface area contributed by atoms with E-state index in [1.165, 1.54) is 5.56 Å². The molecule has 0 unspecified atom stereocenters. The lowest BCUT2D eigenvalue weighted by molar-refractivity contribution is 0.148. The van der Waals surface area contributed by atoms with Gasteiger partial charge >= 0.3 is 0 Å². The third-order valence-electron chi connectivity index (χ3n) is 3.15. The fourth-order valence-corrected chi connectivity index (χ4v) is 2.24. The normalized spacial score (nSPS) is 26.1. The summed E-state index contributed by atoms with van der Waals surface area (Å²) >= 11 is 0. The van der Waals surface area contributed by atoms with Gasteiger partial charge in [-0.25, -0.2) is 0 Å². The first-order valence-electron chi connectivity index (χ1n) is 5.57. The molecule has 0 saturated heterocycles. The Kier molecular flexibility index (Phi) is 3.07. The highest BCUT2D eigenvalue weighted by Crippen LogP contribution is 2.19. The molecule has 0 radical (unpaired) electrons. The first-order valence-corrected chi connectivity index (χ1v) is 5.57. The lowest BCUT2D eigenvalue weighted by Gasteiger charge is -2.15. The average Bonchev–Trinajstić information content (AvgIpc) is 2.70. The molecule has 0 aliphatic heterocycles. The van der Waals surface area contributed by atoms with Gasteiger partial charge in [-0.15, -0.1) is 0 Å². The number of rotatable bonds is 3. The van der Waals surface area contributed by atoms with Gasteiger partial charge in [0.15, 0.2) is 0 Å². The van der Waals surface area contributed by atoms with Gasteiger partial charge in [0.1, 0.15) is 0 Å². The minimum Gasteiger partial charge on any atom is -0.392 e. The van der Waals surface area contributed by atoms with Crippen LogP contribution in [0.4, 0.5) is 0 Å². The summed E-state index contributed by atoms with van der Waals surface area (Å²) in [6, 6.07) is 0.268. The van der Waals surface area contributed by atoms with Crippen molar-refractivity contribution < 1.29 is 5.11 Å². The van der Waals surface area contributed by atoms with Crippen LogP contribution in [0.1, 0.15) is 30.5 Å². The third kappa shape index (κ3) is 2.38. The van der Waals surface area contributed by atoms with E-state index < -0.39 is 0 Å². The molecule has 1 heterocycles. The Morgan fingerprint density at radius 2 is 2.40 bits per heavy atom. The Hall–Kier alpha value is -0.870. The molecule has 2 rings (SSSR count). The highest BCUT2D eigenvalue weighted by Gasteiger charge is 2.24. The van der Waals surface area contributed by atoms with E-state index in [1.54, 1.807) is 0 Å². The highest BCUT2D eigenvalue weighted by atomic mass is 16.3. The van der Waals surface area contributed by atoms with Crippen molar-refractivity contribution in [2.24, 2.45) is 7.05 Å². The van der Waals surface area contributed by atoms with E-state index in [0.29, 0.717) is 0 Å². The molecule has 1 saturated carbocycles. The predicted octanol–water partition coefficient (Wildman–Crippen LogP) is 0.732. The third-order valence-corrected chi connectivity index (χ3v) is 3.15. The Bertz CT molecular complexity index is 335. The summed E-state index contributed by atoms with van der Waals surface area (Å²) in [5.41, 5.74) is 2.29. The van der Waals surface area contributed by atoms with Crippen LogP contribution >= 0.6 is 0 Å². The van der Waals surface area contributed by atoms with Crippen molar-refractivity contribution in [1.82, 2.24) is 15.1 Å². The fourth-order valence-electron chi connectivity index (χ4n) is 2.24. The second-order valence-electron chi connectivity index (χ2n) is 4.40. The van der Waals surface area contributed by atoms with Crippen molar-refractivity contribution >= 4 is 0 Å². The van der Waals surface area contributed by atoms with Crippen molar-refractivity contribution in [3.05, 3.63) is 17.5 Å². The van der Waals surface area contributed by atoms with Gasteiger partial charge in [-0.2, -0.15) is 5.10 Å². The van der Waals surface area contributed by atoms with Crippen molar-refractivity contribution in [2.75, 3.05) is 0 Å². The smallest absolute Gasteiger partial charge is 0.0693 e. The number of aliphatic hydroxyl groups is 1. The van der Waals surface area contributed by atoms with E-state index in [9.17, 15) is 5.11 Å². The van der Waals surface area contributed by atoms with E-state index in [2.05, 4.69) is 10.4 Å². The molecule has 1 aliphatic carbocycles. The van der Waals surface area contributed by atoms with E-state index in [0.717, 1.165) is 31.5 Å². The molecule has 1 fully saturated rings. The zero-order valence-electron chi connectivity index (χ0n) is 9.40. The first-order chi connectivity index (χ1) is 7.16. The minimum absolute atomic E-state index is 0.165. The predicted molar refractivity (Wildman–Crippen MR) is 58.4 cm³/mol. The fraction of sp³-hybridized carbons (Fsp3) is 0.727. The van der Waals surface area contributed by atoms with Crippen molar-refractivity contribution in [3.8, 4) is 0 Å². The van der Waals surface area contributed by atoms with Crippen LogP contribution in [0.15, 0.2) is 6.20 Å². The van der Waals surface area contributed by atoms with Crippen LogP contribution in [-0.4, -0.2) is 27.0 Å². The van der Waals surface area contributed by atoms with Gasteiger partial charge in [-0.3, -0.25) is 4.68 Å². The number of aryl methyl sites for hydroxylation is 2. The molecule has 4 nitrogen and oxygen atoms in total. The van der Waals surface area contributed by atoms with Gasteiger partial charge in [0, 0.05) is 31.4 Å². The summed E-state index contributed by atoms with van der Waals surface area (Å²) in [6.07, 6.45) is 5.01. The quantitative estimate of drug-likeness (QED) is 0.771. The molecular weight excluding hydrogens is 190 g/mol. The van der Waals surface area contributed by atoms with Crippen molar-refractivity contribution in [2.45, 2.75) is 44.9 Å². The molecule has 1 aromatic heterocycles. The number of hydrogen-bond donors (Lipinski definition) is 2. The van der Waals surface area contributed by atoms with E-state index >= 15 is 0 Å². The summed E-state index contributed by atoms with van der Waals surface area (Å²) in [4.78, 5) is 0. The lowest BCUT2D eigenvalue weighted by atomic mass is 10.2. The molecule has 84 valence electrons. The largest absolute Gasteiger partial charge is 0.392 e. The van der Waals surface area contributed by atoms with Crippen LogP contribution in [0.5, 0.6) is 0 Å². The zero-order chi connectivity index (χ0) is 10.8. The van der Waals surface area contributed by atoms with Crippen molar-refractivity contribution in [3.63, 3.8) is 0 Å². The molecule has 2 atom stereocenters. The first kappa shape index (κ1) is 10.6. The van der Waals surface area contributed by atoms with E-state index in [-0.39, 0.29) is 12.1 Å². The van der Waals surface area contributed by atoms with Gasteiger partial charge in [0.25, 0.3) is 0 Å². The maximum Gasteiger partial charge on any atom is 0.0693 e. The Morgan fingerprint density at radius 1 is 1.60 bits per heavy atom. The second-order valence-corrected chi connectivity index (χ2v) is 4.40. The van der Waals surface area contributed by atoms with Gasteiger partial charge in [0.2, 0.25) is 0 Å². The molecule has 0 amide bonds. The summed E-state index contributed by atoms with van der Waals surface area (Å²) < 4.78 is 1.83. The van der Waals surface area contributed by atoms with Crippen LogP contribution in [0.3, 0.4) is 0 Å². The van der Waals surface area contributed by atoms with Gasteiger partial charge in [-0.1, -0.05) is 0 Å².